The fraction of sp³-hybridized carbons (Fsp3) is 0.500. The summed E-state index contributed by atoms with van der Waals surface area (Å²) in [7, 11) is 1.77. The van der Waals surface area contributed by atoms with Crippen molar-refractivity contribution in [1.82, 2.24) is 20.4 Å². The maximum atomic E-state index is 13.2. The molecule has 1 aromatic heterocycles. The topological polar surface area (TPSA) is 104 Å². The van der Waals surface area contributed by atoms with E-state index < -0.39 is 0 Å². The fourth-order valence-corrected chi connectivity index (χ4v) is 3.84. The Hall–Kier alpha value is -2.35. The Balaban J connectivity index is 0.00000341. The van der Waals surface area contributed by atoms with Crippen LogP contribution in [0.2, 0.25) is 0 Å². The van der Waals surface area contributed by atoms with Gasteiger partial charge >= 0.3 is 0 Å². The van der Waals surface area contributed by atoms with Crippen LogP contribution >= 0.6 is 24.0 Å². The van der Waals surface area contributed by atoms with Gasteiger partial charge in [-0.05, 0) is 61.8 Å². The highest BCUT2D eigenvalue weighted by atomic mass is 127. The van der Waals surface area contributed by atoms with Gasteiger partial charge in [0.25, 0.3) is 0 Å². The van der Waals surface area contributed by atoms with Crippen LogP contribution < -0.4 is 16.4 Å². The SMILES string of the molecule is CCC1(CNC(=NC)NCCCc2nn(-c3ccc(F)cc3)c(N)c2C#N)CCC1.I. The second kappa shape index (κ2) is 11.3. The minimum absolute atomic E-state index is 0. The van der Waals surface area contributed by atoms with Crippen molar-refractivity contribution in [2.45, 2.75) is 45.4 Å². The summed E-state index contributed by atoms with van der Waals surface area (Å²) in [6.07, 6.45) is 6.44. The molecule has 9 heteroatoms. The number of rotatable bonds is 8. The number of aliphatic imine (C=N–C) groups is 1. The van der Waals surface area contributed by atoms with E-state index in [2.05, 4.69) is 33.7 Å². The third kappa shape index (κ3) is 5.87. The van der Waals surface area contributed by atoms with Crippen LogP contribution in [-0.4, -0.2) is 35.9 Å². The van der Waals surface area contributed by atoms with Crippen LogP contribution in [0.4, 0.5) is 10.2 Å². The monoisotopic (exact) mass is 539 g/mol. The van der Waals surface area contributed by atoms with Crippen molar-refractivity contribution in [3.8, 4) is 11.8 Å². The summed E-state index contributed by atoms with van der Waals surface area (Å²) in [5, 5.41) is 20.8. The van der Waals surface area contributed by atoms with E-state index >= 15 is 0 Å². The maximum Gasteiger partial charge on any atom is 0.190 e. The van der Waals surface area contributed by atoms with Crippen LogP contribution in [-0.2, 0) is 6.42 Å². The first kappa shape index (κ1) is 24.9. The zero-order valence-corrected chi connectivity index (χ0v) is 20.4. The third-order valence-corrected chi connectivity index (χ3v) is 6.08. The average molecular weight is 539 g/mol. The molecular weight excluding hydrogens is 508 g/mol. The molecule has 0 spiro atoms. The molecule has 1 fully saturated rings. The van der Waals surface area contributed by atoms with Gasteiger partial charge in [0, 0.05) is 20.1 Å². The Morgan fingerprint density at radius 2 is 2.03 bits per heavy atom. The smallest absolute Gasteiger partial charge is 0.190 e. The van der Waals surface area contributed by atoms with Crippen LogP contribution in [0.3, 0.4) is 0 Å². The Morgan fingerprint density at radius 1 is 1.32 bits per heavy atom. The molecule has 1 aliphatic carbocycles. The molecule has 0 aliphatic heterocycles. The second-order valence-electron chi connectivity index (χ2n) is 7.87. The molecule has 4 N–H and O–H groups in total. The van der Waals surface area contributed by atoms with Gasteiger partial charge in [0.15, 0.2) is 5.96 Å². The van der Waals surface area contributed by atoms with Crippen molar-refractivity contribution in [2.24, 2.45) is 10.4 Å². The number of hydrogen-bond acceptors (Lipinski definition) is 4. The van der Waals surface area contributed by atoms with Crippen LogP contribution in [0.15, 0.2) is 29.3 Å². The lowest BCUT2D eigenvalue weighted by atomic mass is 9.67. The molecule has 31 heavy (non-hydrogen) atoms. The van der Waals surface area contributed by atoms with Crippen LogP contribution in [0.25, 0.3) is 5.69 Å². The first-order valence-electron chi connectivity index (χ1n) is 10.5. The lowest BCUT2D eigenvalue weighted by Gasteiger charge is -2.41. The second-order valence-corrected chi connectivity index (χ2v) is 7.87. The first-order chi connectivity index (χ1) is 14.5. The van der Waals surface area contributed by atoms with Gasteiger partial charge in [0.2, 0.25) is 0 Å². The van der Waals surface area contributed by atoms with Gasteiger partial charge in [-0.2, -0.15) is 10.4 Å². The number of nitriles is 1. The van der Waals surface area contributed by atoms with Crippen molar-refractivity contribution in [2.75, 3.05) is 25.9 Å². The lowest BCUT2D eigenvalue weighted by Crippen LogP contribution is -2.46. The van der Waals surface area contributed by atoms with Gasteiger partial charge < -0.3 is 16.4 Å². The maximum absolute atomic E-state index is 13.2. The number of nitrogens with zero attached hydrogens (tertiary/aromatic N) is 4. The van der Waals surface area contributed by atoms with Crippen molar-refractivity contribution in [3.05, 3.63) is 41.3 Å². The molecule has 7 nitrogen and oxygen atoms in total. The molecule has 1 aromatic carbocycles. The van der Waals surface area contributed by atoms with E-state index in [4.69, 9.17) is 5.73 Å². The number of nitrogen functional groups attached to an aromatic ring is 1. The molecule has 1 aliphatic rings. The highest BCUT2D eigenvalue weighted by molar-refractivity contribution is 14.0. The van der Waals surface area contributed by atoms with E-state index in [1.54, 1.807) is 19.2 Å². The van der Waals surface area contributed by atoms with Gasteiger partial charge in [0.1, 0.15) is 23.3 Å². The molecular formula is C22H31FIN7. The van der Waals surface area contributed by atoms with E-state index in [0.717, 1.165) is 18.9 Å². The summed E-state index contributed by atoms with van der Waals surface area (Å²) >= 11 is 0. The number of nitrogens with one attached hydrogen (secondary N) is 2. The number of anilines is 1. The van der Waals surface area contributed by atoms with E-state index in [9.17, 15) is 9.65 Å². The fourth-order valence-electron chi connectivity index (χ4n) is 3.84. The minimum Gasteiger partial charge on any atom is -0.382 e. The molecule has 3 rings (SSSR count). The molecule has 0 bridgehead atoms. The van der Waals surface area contributed by atoms with Gasteiger partial charge in [-0.25, -0.2) is 9.07 Å². The number of guanidine groups is 1. The third-order valence-electron chi connectivity index (χ3n) is 6.08. The molecule has 0 amide bonds. The average Bonchev–Trinajstić information content (AvgIpc) is 3.04. The van der Waals surface area contributed by atoms with Crippen molar-refractivity contribution >= 4 is 35.8 Å². The quantitative estimate of drug-likeness (QED) is 0.205. The number of nitrogens with two attached hydrogens (primary N) is 1. The highest BCUT2D eigenvalue weighted by Crippen LogP contribution is 2.42. The van der Waals surface area contributed by atoms with Crippen LogP contribution in [0.1, 0.15) is 50.3 Å². The zero-order valence-electron chi connectivity index (χ0n) is 18.1. The van der Waals surface area contributed by atoms with Crippen LogP contribution in [0, 0.1) is 22.6 Å². The van der Waals surface area contributed by atoms with E-state index in [0.29, 0.717) is 35.3 Å². The highest BCUT2D eigenvalue weighted by Gasteiger charge is 2.34. The summed E-state index contributed by atoms with van der Waals surface area (Å²) in [5.41, 5.74) is 8.17. The molecule has 0 atom stereocenters. The van der Waals surface area contributed by atoms with Gasteiger partial charge in [-0.15, -0.1) is 24.0 Å². The molecule has 1 saturated carbocycles. The minimum atomic E-state index is -0.333. The summed E-state index contributed by atoms with van der Waals surface area (Å²) in [6.45, 7) is 3.90. The molecule has 1 heterocycles. The molecule has 0 unspecified atom stereocenters. The molecule has 0 radical (unpaired) electrons. The van der Waals surface area contributed by atoms with Gasteiger partial charge in [-0.3, -0.25) is 4.99 Å². The predicted octanol–water partition coefficient (Wildman–Crippen LogP) is 3.76. The summed E-state index contributed by atoms with van der Waals surface area (Å²) in [4.78, 5) is 4.30. The Labute approximate surface area is 200 Å². The summed E-state index contributed by atoms with van der Waals surface area (Å²) in [6, 6.07) is 8.01. The van der Waals surface area contributed by atoms with Crippen molar-refractivity contribution in [3.63, 3.8) is 0 Å². The molecule has 0 saturated heterocycles. The number of aromatic nitrogens is 2. The van der Waals surface area contributed by atoms with Crippen molar-refractivity contribution in [1.29, 1.82) is 5.26 Å². The van der Waals surface area contributed by atoms with E-state index in [-0.39, 0.29) is 35.6 Å². The van der Waals surface area contributed by atoms with Gasteiger partial charge in [-0.1, -0.05) is 13.3 Å². The Kier molecular flexibility index (Phi) is 9.10. The number of benzene rings is 1. The standard InChI is InChI=1S/C22H30FN7.HI/c1-3-22(11-5-12-22)15-28-21(26-2)27-13-4-6-19-18(14-24)20(25)30(29-19)17-9-7-16(23)8-10-17;/h7-10H,3-6,11-13,15,25H2,1-2H3,(H2,26,27,28);1H. The Morgan fingerprint density at radius 3 is 2.58 bits per heavy atom. The number of hydrogen-bond donors (Lipinski definition) is 3. The van der Waals surface area contributed by atoms with Crippen LogP contribution in [0.5, 0.6) is 0 Å². The predicted molar refractivity (Wildman–Crippen MR) is 132 cm³/mol. The van der Waals surface area contributed by atoms with Crippen molar-refractivity contribution < 1.29 is 4.39 Å². The lowest BCUT2D eigenvalue weighted by molar-refractivity contribution is 0.131. The van der Waals surface area contributed by atoms with E-state index in [1.807, 2.05) is 0 Å². The van der Waals surface area contributed by atoms with E-state index in [1.165, 1.54) is 42.5 Å². The number of halogens is 2. The summed E-state index contributed by atoms with van der Waals surface area (Å²) < 4.78 is 14.7. The molecule has 168 valence electrons. The zero-order chi connectivity index (χ0) is 21.6. The summed E-state index contributed by atoms with van der Waals surface area (Å²) in [5.74, 6) is 0.738. The largest absolute Gasteiger partial charge is 0.382 e. The first-order valence-corrected chi connectivity index (χ1v) is 10.5. The van der Waals surface area contributed by atoms with Gasteiger partial charge in [0.05, 0.1) is 11.4 Å². The molecule has 2 aromatic rings. The normalized spacial score (nSPS) is 14.8. The number of aryl methyl sites for hydroxylation is 1. The Bertz CT molecular complexity index is 921.